The highest BCUT2D eigenvalue weighted by Crippen LogP contribution is 2.16. The maximum absolute atomic E-state index is 11.3. The first-order valence-corrected chi connectivity index (χ1v) is 7.40. The highest BCUT2D eigenvalue weighted by molar-refractivity contribution is 6.33. The lowest BCUT2D eigenvalue weighted by atomic mass is 9.94. The Bertz CT molecular complexity index is 236. The van der Waals surface area contributed by atoms with E-state index in [0.717, 1.165) is 19.3 Å². The van der Waals surface area contributed by atoms with Crippen LogP contribution in [0.25, 0.3) is 0 Å². The molecular weight excluding hydrogens is 228 g/mol. The zero-order chi connectivity index (χ0) is 13.8. The van der Waals surface area contributed by atoms with Crippen molar-refractivity contribution in [2.24, 2.45) is 5.92 Å². The van der Waals surface area contributed by atoms with Crippen molar-refractivity contribution in [3.05, 3.63) is 0 Å². The fourth-order valence-corrected chi connectivity index (χ4v) is 2.22. The zero-order valence-corrected chi connectivity index (χ0v) is 11.9. The average Bonchev–Trinajstić information content (AvgIpc) is 2.36. The Morgan fingerprint density at radius 2 is 1.39 bits per heavy atom. The molecule has 3 heteroatoms. The van der Waals surface area contributed by atoms with Crippen molar-refractivity contribution in [1.29, 1.82) is 0 Å². The molecule has 0 saturated heterocycles. The molecule has 0 aliphatic heterocycles. The van der Waals surface area contributed by atoms with Gasteiger partial charge in [-0.1, -0.05) is 65.2 Å². The third kappa shape index (κ3) is 8.26. The Kier molecular flexibility index (Phi) is 10.7. The second kappa shape index (κ2) is 11.2. The van der Waals surface area contributed by atoms with E-state index in [-0.39, 0.29) is 5.92 Å². The minimum absolute atomic E-state index is 0.275. The van der Waals surface area contributed by atoms with Crippen molar-refractivity contribution in [1.82, 2.24) is 0 Å². The molecule has 106 valence electrons. The molecule has 0 spiro atoms. The Labute approximate surface area is 111 Å². The third-order valence-corrected chi connectivity index (χ3v) is 3.48. The Hall–Kier alpha value is -0.860. The van der Waals surface area contributed by atoms with Crippen LogP contribution < -0.4 is 0 Å². The molecule has 0 heterocycles. The zero-order valence-electron chi connectivity index (χ0n) is 11.9. The van der Waals surface area contributed by atoms with Gasteiger partial charge in [-0.3, -0.25) is 4.79 Å². The van der Waals surface area contributed by atoms with Crippen molar-refractivity contribution >= 4 is 11.8 Å². The molecule has 0 saturated carbocycles. The van der Waals surface area contributed by atoms with Gasteiger partial charge in [-0.25, -0.2) is 4.79 Å². The molecule has 1 unspecified atom stereocenters. The summed E-state index contributed by atoms with van der Waals surface area (Å²) in [5.74, 6) is -2.16. The van der Waals surface area contributed by atoms with Gasteiger partial charge < -0.3 is 5.11 Å². The summed E-state index contributed by atoms with van der Waals surface area (Å²) in [5, 5.41) is 8.66. The molecule has 0 aromatic heterocycles. The first kappa shape index (κ1) is 17.1. The molecule has 3 nitrogen and oxygen atoms in total. The van der Waals surface area contributed by atoms with Crippen LogP contribution in [0.4, 0.5) is 0 Å². The standard InChI is InChI=1S/C15H28O3/c1-3-5-6-7-8-9-10-11-12-13(4-2)14(16)15(17)18/h13H,3-12H2,1-2H3,(H,17,18). The fourth-order valence-electron chi connectivity index (χ4n) is 2.22. The average molecular weight is 256 g/mol. The molecule has 0 radical (unpaired) electrons. The quantitative estimate of drug-likeness (QED) is 0.420. The number of carbonyl (C=O) groups is 2. The van der Waals surface area contributed by atoms with Crippen LogP contribution in [0.1, 0.15) is 78.1 Å². The molecule has 0 aliphatic rings. The summed E-state index contributed by atoms with van der Waals surface area (Å²) >= 11 is 0. The Morgan fingerprint density at radius 3 is 1.83 bits per heavy atom. The second-order valence-corrected chi connectivity index (χ2v) is 5.04. The summed E-state index contributed by atoms with van der Waals surface area (Å²) in [4.78, 5) is 21.9. The molecule has 0 bridgehead atoms. The lowest BCUT2D eigenvalue weighted by Crippen LogP contribution is -2.22. The van der Waals surface area contributed by atoms with Crippen LogP contribution in [0.3, 0.4) is 0 Å². The summed E-state index contributed by atoms with van der Waals surface area (Å²) in [6, 6.07) is 0. The van der Waals surface area contributed by atoms with Crippen LogP contribution in [-0.2, 0) is 9.59 Å². The van der Waals surface area contributed by atoms with Crippen LogP contribution in [0.15, 0.2) is 0 Å². The van der Waals surface area contributed by atoms with Crippen molar-refractivity contribution in [3.8, 4) is 0 Å². The minimum Gasteiger partial charge on any atom is -0.475 e. The maximum Gasteiger partial charge on any atom is 0.372 e. The first-order chi connectivity index (χ1) is 8.63. The molecule has 0 aromatic rings. The smallest absolute Gasteiger partial charge is 0.372 e. The molecule has 0 rings (SSSR count). The van der Waals surface area contributed by atoms with Gasteiger partial charge in [0.25, 0.3) is 0 Å². The summed E-state index contributed by atoms with van der Waals surface area (Å²) < 4.78 is 0. The lowest BCUT2D eigenvalue weighted by molar-refractivity contribution is -0.151. The van der Waals surface area contributed by atoms with Gasteiger partial charge in [-0.05, 0) is 12.8 Å². The SMILES string of the molecule is CCCCCCCCCCC(CC)C(=O)C(=O)O. The Morgan fingerprint density at radius 1 is 0.889 bits per heavy atom. The highest BCUT2D eigenvalue weighted by atomic mass is 16.4. The number of hydrogen-bond donors (Lipinski definition) is 1. The summed E-state index contributed by atoms with van der Waals surface area (Å²) in [6.45, 7) is 4.10. The normalized spacial score (nSPS) is 12.3. The van der Waals surface area contributed by atoms with E-state index in [2.05, 4.69) is 6.92 Å². The summed E-state index contributed by atoms with van der Waals surface area (Å²) in [5.41, 5.74) is 0. The van der Waals surface area contributed by atoms with Gasteiger partial charge in [-0.2, -0.15) is 0 Å². The van der Waals surface area contributed by atoms with Gasteiger partial charge in [0.15, 0.2) is 0 Å². The highest BCUT2D eigenvalue weighted by Gasteiger charge is 2.22. The number of carboxylic acid groups (broad SMARTS) is 1. The number of carbonyl (C=O) groups excluding carboxylic acids is 1. The molecule has 0 fully saturated rings. The number of rotatable bonds is 12. The van der Waals surface area contributed by atoms with E-state index in [1.54, 1.807) is 0 Å². The van der Waals surface area contributed by atoms with Gasteiger partial charge >= 0.3 is 5.97 Å². The van der Waals surface area contributed by atoms with Gasteiger partial charge in [0.05, 0.1) is 0 Å². The largest absolute Gasteiger partial charge is 0.475 e. The predicted molar refractivity (Wildman–Crippen MR) is 73.7 cm³/mol. The van der Waals surface area contributed by atoms with Gasteiger partial charge in [0.1, 0.15) is 0 Å². The van der Waals surface area contributed by atoms with Gasteiger partial charge in [0, 0.05) is 5.92 Å². The van der Waals surface area contributed by atoms with Gasteiger partial charge in [0.2, 0.25) is 5.78 Å². The maximum atomic E-state index is 11.3. The Balaban J connectivity index is 3.51. The van der Waals surface area contributed by atoms with Gasteiger partial charge in [-0.15, -0.1) is 0 Å². The van der Waals surface area contributed by atoms with E-state index in [9.17, 15) is 9.59 Å². The minimum atomic E-state index is -1.28. The van der Waals surface area contributed by atoms with Crippen LogP contribution in [-0.4, -0.2) is 16.9 Å². The number of carboxylic acids is 1. The molecule has 0 aliphatic carbocycles. The first-order valence-electron chi connectivity index (χ1n) is 7.40. The molecule has 18 heavy (non-hydrogen) atoms. The van der Waals surface area contributed by atoms with E-state index >= 15 is 0 Å². The predicted octanol–water partition coefficient (Wildman–Crippen LogP) is 4.20. The number of unbranched alkanes of at least 4 members (excludes halogenated alkanes) is 7. The lowest BCUT2D eigenvalue weighted by Gasteiger charge is -2.10. The summed E-state index contributed by atoms with van der Waals surface area (Å²) in [7, 11) is 0. The number of ketones is 1. The van der Waals surface area contributed by atoms with Crippen molar-refractivity contribution in [3.63, 3.8) is 0 Å². The third-order valence-electron chi connectivity index (χ3n) is 3.48. The van der Waals surface area contributed by atoms with Crippen LogP contribution in [0, 0.1) is 5.92 Å². The van der Waals surface area contributed by atoms with Crippen molar-refractivity contribution < 1.29 is 14.7 Å². The fraction of sp³-hybridized carbons (Fsp3) is 0.867. The van der Waals surface area contributed by atoms with E-state index in [4.69, 9.17) is 5.11 Å². The van der Waals surface area contributed by atoms with Crippen LogP contribution in [0.2, 0.25) is 0 Å². The summed E-state index contributed by atoms with van der Waals surface area (Å²) in [6.07, 6.45) is 11.2. The number of aliphatic carboxylic acids is 1. The second-order valence-electron chi connectivity index (χ2n) is 5.04. The van der Waals surface area contributed by atoms with E-state index in [1.165, 1.54) is 38.5 Å². The van der Waals surface area contributed by atoms with E-state index in [0.29, 0.717) is 6.42 Å². The molecule has 0 amide bonds. The molecule has 1 N–H and O–H groups in total. The number of hydrogen-bond acceptors (Lipinski definition) is 2. The van der Waals surface area contributed by atoms with E-state index in [1.807, 2.05) is 6.92 Å². The molecule has 1 atom stereocenters. The molecular formula is C15H28O3. The monoisotopic (exact) mass is 256 g/mol. The molecule has 0 aromatic carbocycles. The van der Waals surface area contributed by atoms with Crippen molar-refractivity contribution in [2.75, 3.05) is 0 Å². The topological polar surface area (TPSA) is 54.4 Å². The van der Waals surface area contributed by atoms with Crippen LogP contribution >= 0.6 is 0 Å². The number of Topliss-reactive ketones (excluding diaryl/α,β-unsaturated/α-hetero) is 1. The van der Waals surface area contributed by atoms with Crippen LogP contribution in [0.5, 0.6) is 0 Å². The van der Waals surface area contributed by atoms with E-state index < -0.39 is 11.8 Å². The van der Waals surface area contributed by atoms with Crippen molar-refractivity contribution in [2.45, 2.75) is 78.1 Å².